The molecule has 5 rings (SSSR count). The van der Waals surface area contributed by atoms with Crippen molar-refractivity contribution in [2.75, 3.05) is 40.4 Å². The van der Waals surface area contributed by atoms with E-state index in [1.165, 1.54) is 5.56 Å². The Kier molecular flexibility index (Phi) is 7.55. The molecule has 0 bridgehead atoms. The van der Waals surface area contributed by atoms with Gasteiger partial charge in [0.1, 0.15) is 18.4 Å². The number of hydrogen-bond acceptors (Lipinski definition) is 7. The smallest absolute Gasteiger partial charge is 0.255 e. The van der Waals surface area contributed by atoms with Crippen LogP contribution in [0.15, 0.2) is 36.4 Å². The van der Waals surface area contributed by atoms with Crippen molar-refractivity contribution in [3.8, 4) is 5.75 Å². The Morgan fingerprint density at radius 3 is 2.46 bits per heavy atom. The van der Waals surface area contributed by atoms with Gasteiger partial charge in [-0.2, -0.15) is 0 Å². The van der Waals surface area contributed by atoms with E-state index in [0.29, 0.717) is 30.9 Å². The standard InChI is InChI=1S/C28H34N4O5/c1-30(2)16-21-7-8-22-23(17-32(28(22)35)24-9-10-25(33)29-27(24)34)26(21)37-18-20-5-3-19(4-6-20)15-31-11-13-36-14-12-31/h3-8,24H,9-18H2,1-2H3,(H,29,33,34). The zero-order valence-electron chi connectivity index (χ0n) is 21.5. The largest absolute Gasteiger partial charge is 0.488 e. The maximum absolute atomic E-state index is 13.3. The number of benzene rings is 2. The molecule has 2 saturated heterocycles. The van der Waals surface area contributed by atoms with E-state index in [4.69, 9.17) is 9.47 Å². The number of rotatable bonds is 8. The van der Waals surface area contributed by atoms with Crippen LogP contribution in [0.5, 0.6) is 5.75 Å². The molecule has 3 heterocycles. The van der Waals surface area contributed by atoms with Gasteiger partial charge in [-0.1, -0.05) is 30.3 Å². The summed E-state index contributed by atoms with van der Waals surface area (Å²) < 4.78 is 11.8. The van der Waals surface area contributed by atoms with Crippen LogP contribution in [0.4, 0.5) is 0 Å². The molecule has 0 saturated carbocycles. The van der Waals surface area contributed by atoms with Crippen molar-refractivity contribution in [1.82, 2.24) is 20.0 Å². The summed E-state index contributed by atoms with van der Waals surface area (Å²) in [6, 6.07) is 11.6. The molecule has 9 nitrogen and oxygen atoms in total. The first-order chi connectivity index (χ1) is 17.9. The molecule has 3 aliphatic rings. The highest BCUT2D eigenvalue weighted by molar-refractivity contribution is 6.05. The van der Waals surface area contributed by atoms with Crippen molar-refractivity contribution in [1.29, 1.82) is 0 Å². The number of hydrogen-bond donors (Lipinski definition) is 1. The number of ether oxygens (including phenoxy) is 2. The minimum atomic E-state index is -0.651. The lowest BCUT2D eigenvalue weighted by molar-refractivity contribution is -0.136. The lowest BCUT2D eigenvalue weighted by atomic mass is 10.0. The van der Waals surface area contributed by atoms with Crippen LogP contribution in [0.1, 0.15) is 45.5 Å². The number of nitrogens with zero attached hydrogens (tertiary/aromatic N) is 3. The first kappa shape index (κ1) is 25.4. The van der Waals surface area contributed by atoms with Gasteiger partial charge in [0.05, 0.1) is 19.8 Å². The summed E-state index contributed by atoms with van der Waals surface area (Å²) in [5.74, 6) is -0.200. The second-order valence-electron chi connectivity index (χ2n) is 10.2. The number of carbonyl (C=O) groups is 3. The third-order valence-corrected chi connectivity index (χ3v) is 7.15. The first-order valence-electron chi connectivity index (χ1n) is 12.8. The number of fused-ring (bicyclic) bond motifs is 1. The van der Waals surface area contributed by atoms with Crippen molar-refractivity contribution in [2.45, 2.75) is 45.1 Å². The Morgan fingerprint density at radius 1 is 1.03 bits per heavy atom. The summed E-state index contributed by atoms with van der Waals surface area (Å²) in [4.78, 5) is 43.4. The fourth-order valence-corrected chi connectivity index (χ4v) is 5.22. The Balaban J connectivity index is 1.33. The predicted octanol–water partition coefficient (Wildman–Crippen LogP) is 1.92. The van der Waals surface area contributed by atoms with Crippen molar-refractivity contribution in [3.05, 3.63) is 64.2 Å². The minimum absolute atomic E-state index is 0.196. The van der Waals surface area contributed by atoms with E-state index < -0.39 is 11.9 Å². The molecule has 2 fully saturated rings. The molecule has 3 aliphatic heterocycles. The van der Waals surface area contributed by atoms with Gasteiger partial charge in [0.25, 0.3) is 5.91 Å². The van der Waals surface area contributed by atoms with Crippen LogP contribution in [0.25, 0.3) is 0 Å². The van der Waals surface area contributed by atoms with Crippen molar-refractivity contribution in [3.63, 3.8) is 0 Å². The maximum atomic E-state index is 13.3. The normalized spacial score (nSPS) is 20.4. The van der Waals surface area contributed by atoms with E-state index in [9.17, 15) is 14.4 Å². The van der Waals surface area contributed by atoms with Crippen LogP contribution in [0.3, 0.4) is 0 Å². The lowest BCUT2D eigenvalue weighted by Crippen LogP contribution is -2.52. The van der Waals surface area contributed by atoms with Crippen LogP contribution in [-0.2, 0) is 40.6 Å². The Labute approximate surface area is 217 Å². The maximum Gasteiger partial charge on any atom is 0.255 e. The molecule has 0 aliphatic carbocycles. The molecule has 1 N–H and O–H groups in total. The molecule has 9 heteroatoms. The van der Waals surface area contributed by atoms with Crippen LogP contribution < -0.4 is 10.1 Å². The van der Waals surface area contributed by atoms with Crippen molar-refractivity contribution in [2.24, 2.45) is 0 Å². The van der Waals surface area contributed by atoms with Gasteiger partial charge in [0.2, 0.25) is 11.8 Å². The van der Waals surface area contributed by atoms with E-state index in [-0.39, 0.29) is 24.8 Å². The molecule has 37 heavy (non-hydrogen) atoms. The monoisotopic (exact) mass is 506 g/mol. The third-order valence-electron chi connectivity index (χ3n) is 7.15. The molecule has 3 amide bonds. The molecular weight excluding hydrogens is 472 g/mol. The van der Waals surface area contributed by atoms with Gasteiger partial charge >= 0.3 is 0 Å². The highest BCUT2D eigenvalue weighted by Gasteiger charge is 2.40. The summed E-state index contributed by atoms with van der Waals surface area (Å²) in [6.45, 7) is 5.70. The SMILES string of the molecule is CN(C)Cc1ccc2c(c1OCc1ccc(CN3CCOCC3)cc1)CN(C1CCC(=O)NC1=O)C2=O. The second kappa shape index (κ2) is 11.0. The quantitative estimate of drug-likeness (QED) is 0.547. The molecule has 196 valence electrons. The highest BCUT2D eigenvalue weighted by Crippen LogP contribution is 2.37. The fraction of sp³-hybridized carbons (Fsp3) is 0.464. The Morgan fingerprint density at radius 2 is 1.76 bits per heavy atom. The van der Waals surface area contributed by atoms with Crippen LogP contribution in [-0.4, -0.2) is 78.9 Å². The van der Waals surface area contributed by atoms with Gasteiger partial charge < -0.3 is 19.3 Å². The van der Waals surface area contributed by atoms with Crippen molar-refractivity contribution < 1.29 is 23.9 Å². The van der Waals surface area contributed by atoms with Gasteiger partial charge in [0, 0.05) is 49.3 Å². The van der Waals surface area contributed by atoms with Crippen LogP contribution in [0, 0.1) is 0 Å². The number of amides is 3. The van der Waals surface area contributed by atoms with Gasteiger partial charge in [-0.05, 0) is 37.7 Å². The minimum Gasteiger partial charge on any atom is -0.488 e. The summed E-state index contributed by atoms with van der Waals surface area (Å²) in [5, 5.41) is 2.36. The van der Waals surface area contributed by atoms with Gasteiger partial charge in [0.15, 0.2) is 0 Å². The molecule has 0 aromatic heterocycles. The molecule has 1 unspecified atom stereocenters. The second-order valence-corrected chi connectivity index (χ2v) is 10.2. The van der Waals surface area contributed by atoms with E-state index in [1.807, 2.05) is 26.2 Å². The summed E-state index contributed by atoms with van der Waals surface area (Å²) in [5.41, 5.74) is 4.65. The number of nitrogens with one attached hydrogen (secondary N) is 1. The first-order valence-corrected chi connectivity index (χ1v) is 12.8. The fourth-order valence-electron chi connectivity index (χ4n) is 5.22. The van der Waals surface area contributed by atoms with Crippen LogP contribution in [0.2, 0.25) is 0 Å². The van der Waals surface area contributed by atoms with E-state index in [1.54, 1.807) is 4.90 Å². The van der Waals surface area contributed by atoms with Gasteiger partial charge in [-0.25, -0.2) is 0 Å². The van der Waals surface area contributed by atoms with E-state index in [0.717, 1.165) is 49.5 Å². The Bertz CT molecular complexity index is 1170. The highest BCUT2D eigenvalue weighted by atomic mass is 16.5. The average Bonchev–Trinajstić information content (AvgIpc) is 3.20. The number of imide groups is 1. The van der Waals surface area contributed by atoms with E-state index in [2.05, 4.69) is 39.4 Å². The van der Waals surface area contributed by atoms with E-state index >= 15 is 0 Å². The third kappa shape index (κ3) is 5.69. The average molecular weight is 507 g/mol. The lowest BCUT2D eigenvalue weighted by Gasteiger charge is -2.29. The Hall–Kier alpha value is -3.27. The van der Waals surface area contributed by atoms with Crippen molar-refractivity contribution >= 4 is 17.7 Å². The van der Waals surface area contributed by atoms with Crippen LogP contribution >= 0.6 is 0 Å². The molecule has 0 spiro atoms. The molecule has 0 radical (unpaired) electrons. The number of piperidine rings is 1. The molecule has 2 aromatic rings. The number of carbonyl (C=O) groups excluding carboxylic acids is 3. The topological polar surface area (TPSA) is 91.4 Å². The number of morpholine rings is 1. The summed E-state index contributed by atoms with van der Waals surface area (Å²) in [7, 11) is 3.98. The zero-order valence-corrected chi connectivity index (χ0v) is 21.5. The zero-order chi connectivity index (χ0) is 25.9. The van der Waals surface area contributed by atoms with Gasteiger partial charge in [-0.15, -0.1) is 0 Å². The summed E-state index contributed by atoms with van der Waals surface area (Å²) in [6.07, 6.45) is 0.565. The molecule has 1 atom stereocenters. The predicted molar refractivity (Wildman–Crippen MR) is 137 cm³/mol. The molecule has 2 aromatic carbocycles. The molecular formula is C28H34N4O5. The van der Waals surface area contributed by atoms with Gasteiger partial charge in [-0.3, -0.25) is 24.6 Å². The summed E-state index contributed by atoms with van der Waals surface area (Å²) >= 11 is 0.